The Bertz CT molecular complexity index is 593. The Kier molecular flexibility index (Phi) is 3.34. The third kappa shape index (κ3) is 2.09. The molecule has 0 atom stereocenters. The van der Waals surface area contributed by atoms with E-state index in [1.807, 2.05) is 0 Å². The van der Waals surface area contributed by atoms with Crippen LogP contribution >= 0.6 is 11.6 Å². The maximum Gasteiger partial charge on any atom is 0.360 e. The van der Waals surface area contributed by atoms with Crippen molar-refractivity contribution in [3.05, 3.63) is 46.5 Å². The summed E-state index contributed by atoms with van der Waals surface area (Å²) in [6.45, 7) is 1.71. The van der Waals surface area contributed by atoms with E-state index in [9.17, 15) is 9.18 Å². The second-order valence-corrected chi connectivity index (χ2v) is 4.01. The molecule has 0 aliphatic rings. The van der Waals surface area contributed by atoms with Crippen molar-refractivity contribution in [2.75, 3.05) is 7.11 Å². The molecular weight excluding hydrogens is 259 g/mol. The van der Waals surface area contributed by atoms with Crippen LogP contribution in [-0.2, 0) is 4.74 Å². The minimum Gasteiger partial charge on any atom is -0.464 e. The number of carbonyl (C=O) groups is 1. The molecule has 18 heavy (non-hydrogen) atoms. The van der Waals surface area contributed by atoms with E-state index >= 15 is 0 Å². The van der Waals surface area contributed by atoms with Gasteiger partial charge < -0.3 is 4.74 Å². The van der Waals surface area contributed by atoms with Crippen LogP contribution in [0.3, 0.4) is 0 Å². The van der Waals surface area contributed by atoms with Gasteiger partial charge in [-0.2, -0.15) is 5.10 Å². The first-order valence-electron chi connectivity index (χ1n) is 5.14. The van der Waals surface area contributed by atoms with Gasteiger partial charge in [-0.15, -0.1) is 0 Å². The topological polar surface area (TPSA) is 44.1 Å². The van der Waals surface area contributed by atoms with Gasteiger partial charge >= 0.3 is 5.97 Å². The van der Waals surface area contributed by atoms with Gasteiger partial charge in [-0.25, -0.2) is 13.9 Å². The van der Waals surface area contributed by atoms with Crippen LogP contribution in [0.2, 0.25) is 5.02 Å². The predicted molar refractivity (Wildman–Crippen MR) is 64.6 cm³/mol. The standard InChI is InChI=1S/C12H10ClFN2O2/c1-7-10(13)11(12(17)18-2)15-16(7)9-5-3-8(14)4-6-9/h3-6H,1-2H3. The van der Waals surface area contributed by atoms with Crippen LogP contribution in [0.4, 0.5) is 4.39 Å². The number of benzene rings is 1. The monoisotopic (exact) mass is 268 g/mol. The van der Waals surface area contributed by atoms with Crippen LogP contribution in [0.1, 0.15) is 16.2 Å². The summed E-state index contributed by atoms with van der Waals surface area (Å²) >= 11 is 6.01. The Morgan fingerprint density at radius 2 is 2.00 bits per heavy atom. The average molecular weight is 269 g/mol. The molecule has 2 rings (SSSR count). The third-order valence-corrected chi connectivity index (χ3v) is 2.95. The summed E-state index contributed by atoms with van der Waals surface area (Å²) < 4.78 is 18.9. The van der Waals surface area contributed by atoms with E-state index < -0.39 is 5.97 Å². The summed E-state index contributed by atoms with van der Waals surface area (Å²) in [5, 5.41) is 4.30. The van der Waals surface area contributed by atoms with Crippen molar-refractivity contribution in [3.8, 4) is 5.69 Å². The molecule has 94 valence electrons. The van der Waals surface area contributed by atoms with Crippen LogP contribution in [0.5, 0.6) is 0 Å². The molecule has 0 radical (unpaired) electrons. The van der Waals surface area contributed by atoms with Gasteiger partial charge in [0.15, 0.2) is 5.69 Å². The van der Waals surface area contributed by atoms with Crippen molar-refractivity contribution in [1.29, 1.82) is 0 Å². The minimum absolute atomic E-state index is 0.0426. The zero-order chi connectivity index (χ0) is 13.3. The number of hydrogen-bond acceptors (Lipinski definition) is 3. The fourth-order valence-corrected chi connectivity index (χ4v) is 1.74. The molecule has 0 saturated carbocycles. The maximum atomic E-state index is 12.8. The molecule has 1 heterocycles. The summed E-state index contributed by atoms with van der Waals surface area (Å²) in [5.41, 5.74) is 1.25. The van der Waals surface area contributed by atoms with Gasteiger partial charge in [-0.3, -0.25) is 0 Å². The van der Waals surface area contributed by atoms with Crippen molar-refractivity contribution in [3.63, 3.8) is 0 Å². The molecule has 0 aliphatic heterocycles. The van der Waals surface area contributed by atoms with E-state index in [1.165, 1.54) is 23.9 Å². The molecule has 0 spiro atoms. The fourth-order valence-electron chi connectivity index (χ4n) is 1.54. The summed E-state index contributed by atoms with van der Waals surface area (Å²) in [7, 11) is 1.25. The van der Waals surface area contributed by atoms with Crippen molar-refractivity contribution in [1.82, 2.24) is 9.78 Å². The third-order valence-electron chi connectivity index (χ3n) is 2.49. The zero-order valence-corrected chi connectivity index (χ0v) is 10.5. The first kappa shape index (κ1) is 12.6. The molecule has 0 N–H and O–H groups in total. The molecular formula is C12H10ClFN2O2. The number of esters is 1. The molecule has 0 bridgehead atoms. The molecule has 0 fully saturated rings. The molecule has 1 aromatic carbocycles. The summed E-state index contributed by atoms with van der Waals surface area (Å²) in [6.07, 6.45) is 0. The molecule has 4 nitrogen and oxygen atoms in total. The Hall–Kier alpha value is -1.88. The molecule has 6 heteroatoms. The van der Waals surface area contributed by atoms with E-state index in [4.69, 9.17) is 11.6 Å². The Morgan fingerprint density at radius 3 is 2.56 bits per heavy atom. The lowest BCUT2D eigenvalue weighted by molar-refractivity contribution is 0.0593. The van der Waals surface area contributed by atoms with Crippen molar-refractivity contribution >= 4 is 17.6 Å². The van der Waals surface area contributed by atoms with Gasteiger partial charge in [0, 0.05) is 0 Å². The normalized spacial score (nSPS) is 10.4. The lowest BCUT2D eigenvalue weighted by Crippen LogP contribution is -2.04. The van der Waals surface area contributed by atoms with Crippen LogP contribution in [-0.4, -0.2) is 22.9 Å². The van der Waals surface area contributed by atoms with Gasteiger partial charge in [0.25, 0.3) is 0 Å². The molecule has 0 amide bonds. The van der Waals surface area contributed by atoms with Crippen LogP contribution in [0, 0.1) is 12.7 Å². The SMILES string of the molecule is COC(=O)c1nn(-c2ccc(F)cc2)c(C)c1Cl. The number of methoxy groups -OCH3 is 1. The highest BCUT2D eigenvalue weighted by Crippen LogP contribution is 2.23. The van der Waals surface area contributed by atoms with E-state index in [1.54, 1.807) is 19.1 Å². The molecule has 1 aromatic heterocycles. The van der Waals surface area contributed by atoms with Crippen LogP contribution < -0.4 is 0 Å². The predicted octanol–water partition coefficient (Wildman–Crippen LogP) is 2.76. The number of aromatic nitrogens is 2. The number of hydrogen-bond donors (Lipinski definition) is 0. The number of halogens is 2. The number of ether oxygens (including phenoxy) is 1. The highest BCUT2D eigenvalue weighted by molar-refractivity contribution is 6.34. The first-order chi connectivity index (χ1) is 8.54. The van der Waals surface area contributed by atoms with Gasteiger partial charge in [-0.05, 0) is 31.2 Å². The largest absolute Gasteiger partial charge is 0.464 e. The molecule has 0 aliphatic carbocycles. The number of carbonyl (C=O) groups excluding carboxylic acids is 1. The smallest absolute Gasteiger partial charge is 0.360 e. The quantitative estimate of drug-likeness (QED) is 0.787. The molecule has 0 unspecified atom stereocenters. The van der Waals surface area contributed by atoms with Gasteiger partial charge in [0.05, 0.1) is 23.5 Å². The Morgan fingerprint density at radius 1 is 1.39 bits per heavy atom. The summed E-state index contributed by atoms with van der Waals surface area (Å²) in [6, 6.07) is 5.71. The number of rotatable bonds is 2. The lowest BCUT2D eigenvalue weighted by Gasteiger charge is -2.03. The van der Waals surface area contributed by atoms with E-state index in [0.29, 0.717) is 11.4 Å². The highest BCUT2D eigenvalue weighted by Gasteiger charge is 2.20. The van der Waals surface area contributed by atoms with Crippen LogP contribution in [0.15, 0.2) is 24.3 Å². The summed E-state index contributed by atoms with van der Waals surface area (Å²) in [5.74, 6) is -0.952. The van der Waals surface area contributed by atoms with E-state index in [0.717, 1.165) is 0 Å². The van der Waals surface area contributed by atoms with Crippen molar-refractivity contribution in [2.45, 2.75) is 6.92 Å². The van der Waals surface area contributed by atoms with Crippen LogP contribution in [0.25, 0.3) is 5.69 Å². The average Bonchev–Trinajstić information content (AvgIpc) is 2.67. The zero-order valence-electron chi connectivity index (χ0n) is 9.78. The molecule has 0 saturated heterocycles. The van der Waals surface area contributed by atoms with Gasteiger partial charge in [0.2, 0.25) is 0 Å². The van der Waals surface area contributed by atoms with Crippen molar-refractivity contribution in [2.24, 2.45) is 0 Å². The second kappa shape index (κ2) is 4.78. The molecule has 2 aromatic rings. The highest BCUT2D eigenvalue weighted by atomic mass is 35.5. The van der Waals surface area contributed by atoms with E-state index in [-0.39, 0.29) is 16.5 Å². The Labute approximate surface area is 108 Å². The van der Waals surface area contributed by atoms with Gasteiger partial charge in [0.1, 0.15) is 5.82 Å². The lowest BCUT2D eigenvalue weighted by atomic mass is 10.3. The fraction of sp³-hybridized carbons (Fsp3) is 0.167. The summed E-state index contributed by atoms with van der Waals surface area (Å²) in [4.78, 5) is 11.4. The number of nitrogens with zero attached hydrogens (tertiary/aromatic N) is 2. The maximum absolute atomic E-state index is 12.8. The van der Waals surface area contributed by atoms with E-state index in [2.05, 4.69) is 9.84 Å². The second-order valence-electron chi connectivity index (χ2n) is 3.63. The first-order valence-corrected chi connectivity index (χ1v) is 5.51. The van der Waals surface area contributed by atoms with Crippen molar-refractivity contribution < 1.29 is 13.9 Å². The minimum atomic E-state index is -0.607. The van der Waals surface area contributed by atoms with Gasteiger partial charge in [-0.1, -0.05) is 11.6 Å². The Balaban J connectivity index is 2.52.